The molecule has 0 fully saturated rings. The average molecular weight is 393 g/mol. The molecule has 0 aromatic heterocycles. The monoisotopic (exact) mass is 392 g/mol. The molecule has 0 unspecified atom stereocenters. The molecule has 2 aromatic rings. The number of benzene rings is 2. The van der Waals surface area contributed by atoms with Crippen molar-refractivity contribution in [3.05, 3.63) is 58.1 Å². The van der Waals surface area contributed by atoms with Crippen molar-refractivity contribution in [3.63, 3.8) is 0 Å². The minimum absolute atomic E-state index is 0.0198. The van der Waals surface area contributed by atoms with Crippen LogP contribution in [0.2, 0.25) is 0 Å². The van der Waals surface area contributed by atoms with E-state index >= 15 is 0 Å². The van der Waals surface area contributed by atoms with Gasteiger partial charge in [-0.2, -0.15) is 10.2 Å². The highest BCUT2D eigenvalue weighted by molar-refractivity contribution is 6.00. The van der Waals surface area contributed by atoms with Gasteiger partial charge in [0.05, 0.1) is 11.9 Å². The van der Waals surface area contributed by atoms with Crippen LogP contribution in [0.25, 0.3) is 0 Å². The quantitative estimate of drug-likeness (QED) is 0.506. The summed E-state index contributed by atoms with van der Waals surface area (Å²) in [6.45, 7) is 13.5. The van der Waals surface area contributed by atoms with Crippen LogP contribution in [0.15, 0.2) is 40.5 Å². The second kappa shape index (κ2) is 7.66. The van der Waals surface area contributed by atoms with E-state index in [1.165, 1.54) is 47.9 Å². The van der Waals surface area contributed by atoms with Crippen LogP contribution in [-0.2, 0) is 17.3 Å². The fraction of sp³-hybridized carbons (Fsp3) is 0.440. The highest BCUT2D eigenvalue weighted by Gasteiger charge is 2.37. The lowest BCUT2D eigenvalue weighted by molar-refractivity contribution is 0.331. The minimum Gasteiger partial charge on any atom is -0.508 e. The van der Waals surface area contributed by atoms with Gasteiger partial charge in [-0.15, -0.1) is 0 Å². The zero-order chi connectivity index (χ0) is 21.4. The van der Waals surface area contributed by atoms with Crippen molar-refractivity contribution in [2.45, 2.75) is 71.6 Å². The Morgan fingerprint density at radius 1 is 1.00 bits per heavy atom. The van der Waals surface area contributed by atoms with Gasteiger partial charge in [0.15, 0.2) is 0 Å². The topological polar surface area (TPSA) is 65.2 Å². The zero-order valence-corrected chi connectivity index (χ0v) is 18.4. The molecule has 3 rings (SSSR count). The lowest BCUT2D eigenvalue weighted by atomic mass is 9.62. The van der Waals surface area contributed by atoms with Gasteiger partial charge >= 0.3 is 0 Å². The molecule has 0 radical (unpaired) electrons. The molecule has 0 amide bonds. The molecule has 0 heterocycles. The summed E-state index contributed by atoms with van der Waals surface area (Å²) in [7, 11) is 0. The predicted octanol–water partition coefficient (Wildman–Crippen LogP) is 5.85. The van der Waals surface area contributed by atoms with E-state index in [-0.39, 0.29) is 22.3 Å². The maximum Gasteiger partial charge on any atom is 0.128 e. The van der Waals surface area contributed by atoms with Gasteiger partial charge in [-0.25, -0.2) is 0 Å². The van der Waals surface area contributed by atoms with Crippen molar-refractivity contribution in [1.82, 2.24) is 0 Å². The third-order valence-electron chi connectivity index (χ3n) is 6.27. The van der Waals surface area contributed by atoms with Gasteiger partial charge in [0, 0.05) is 17.2 Å². The first-order valence-corrected chi connectivity index (χ1v) is 10.3. The molecular formula is C25H32N2O2. The van der Waals surface area contributed by atoms with Crippen LogP contribution < -0.4 is 0 Å². The van der Waals surface area contributed by atoms with Crippen molar-refractivity contribution in [2.75, 3.05) is 0 Å². The lowest BCUT2D eigenvalue weighted by Gasteiger charge is -2.42. The Balaban J connectivity index is 2.01. The average Bonchev–Trinajstić information content (AvgIpc) is 2.66. The van der Waals surface area contributed by atoms with Gasteiger partial charge in [-0.05, 0) is 71.9 Å². The Morgan fingerprint density at radius 2 is 1.62 bits per heavy atom. The van der Waals surface area contributed by atoms with Gasteiger partial charge in [0.25, 0.3) is 0 Å². The van der Waals surface area contributed by atoms with Crippen molar-refractivity contribution in [2.24, 2.45) is 10.2 Å². The molecule has 0 spiro atoms. The number of aromatic hydroxyl groups is 2. The van der Waals surface area contributed by atoms with Crippen LogP contribution in [0.1, 0.15) is 82.2 Å². The van der Waals surface area contributed by atoms with Crippen LogP contribution in [0.5, 0.6) is 11.5 Å². The molecule has 4 nitrogen and oxygen atoms in total. The van der Waals surface area contributed by atoms with E-state index in [4.69, 9.17) is 0 Å². The maximum atomic E-state index is 9.90. The van der Waals surface area contributed by atoms with Crippen molar-refractivity contribution in [1.29, 1.82) is 0 Å². The minimum atomic E-state index is -0.0198. The Labute approximate surface area is 174 Å². The molecule has 29 heavy (non-hydrogen) atoms. The molecule has 0 saturated carbocycles. The maximum absolute atomic E-state index is 9.90. The Morgan fingerprint density at radius 3 is 2.21 bits per heavy atom. The van der Waals surface area contributed by atoms with Crippen molar-refractivity contribution < 1.29 is 10.2 Å². The molecule has 2 aromatic carbocycles. The molecule has 2 N–H and O–H groups in total. The second-order valence-corrected chi connectivity index (χ2v) is 9.35. The van der Waals surface area contributed by atoms with E-state index in [2.05, 4.69) is 57.0 Å². The third kappa shape index (κ3) is 4.21. The predicted molar refractivity (Wildman–Crippen MR) is 121 cm³/mol. The number of nitrogens with zero attached hydrogens (tertiary/aromatic N) is 2. The number of rotatable bonds is 4. The number of hydrogen-bond acceptors (Lipinski definition) is 4. The number of hydrogen-bond donors (Lipinski definition) is 2. The molecule has 1 aliphatic rings. The number of fused-ring (bicyclic) bond motifs is 1. The molecule has 0 atom stereocenters. The zero-order valence-electron chi connectivity index (χ0n) is 18.4. The lowest BCUT2D eigenvalue weighted by Crippen LogP contribution is -2.34. The van der Waals surface area contributed by atoms with E-state index in [9.17, 15) is 10.2 Å². The SMILES string of the molecule is CCc1cc2c(cc1/C(C)=N\N=C/c1ccc(O)cc1O)C(C)(C)CCC2(C)C. The number of phenols is 2. The molecule has 154 valence electrons. The largest absolute Gasteiger partial charge is 0.508 e. The van der Waals surface area contributed by atoms with E-state index < -0.39 is 0 Å². The summed E-state index contributed by atoms with van der Waals surface area (Å²) in [4.78, 5) is 0. The van der Waals surface area contributed by atoms with Gasteiger partial charge in [-0.1, -0.05) is 40.7 Å². The molecule has 4 heteroatoms. The summed E-state index contributed by atoms with van der Waals surface area (Å²) in [5.74, 6) is 0.000120. The summed E-state index contributed by atoms with van der Waals surface area (Å²) >= 11 is 0. The van der Waals surface area contributed by atoms with E-state index in [1.807, 2.05) is 6.92 Å². The number of phenolic OH excluding ortho intramolecular Hbond substituents is 2. The van der Waals surface area contributed by atoms with Crippen LogP contribution in [-0.4, -0.2) is 22.1 Å². The summed E-state index contributed by atoms with van der Waals surface area (Å²) in [6.07, 6.45) is 4.82. The highest BCUT2D eigenvalue weighted by Crippen LogP contribution is 2.46. The first-order valence-electron chi connectivity index (χ1n) is 10.3. The van der Waals surface area contributed by atoms with E-state index in [1.54, 1.807) is 6.07 Å². The van der Waals surface area contributed by atoms with Crippen LogP contribution in [0.3, 0.4) is 0 Å². The fourth-order valence-corrected chi connectivity index (χ4v) is 4.16. The van der Waals surface area contributed by atoms with E-state index in [0.29, 0.717) is 5.56 Å². The van der Waals surface area contributed by atoms with Gasteiger partial charge in [0.1, 0.15) is 11.5 Å². The summed E-state index contributed by atoms with van der Waals surface area (Å²) < 4.78 is 0. The fourth-order valence-electron chi connectivity index (χ4n) is 4.16. The molecule has 0 saturated heterocycles. The Bertz CT molecular complexity index is 985. The van der Waals surface area contributed by atoms with Crippen LogP contribution in [0.4, 0.5) is 0 Å². The van der Waals surface area contributed by atoms with Gasteiger partial charge in [-0.3, -0.25) is 0 Å². The summed E-state index contributed by atoms with van der Waals surface area (Å²) in [5.41, 5.74) is 7.01. The van der Waals surface area contributed by atoms with Gasteiger partial charge in [0.2, 0.25) is 0 Å². The van der Waals surface area contributed by atoms with E-state index in [0.717, 1.165) is 17.7 Å². The third-order valence-corrected chi connectivity index (χ3v) is 6.27. The molecule has 1 aliphatic carbocycles. The first kappa shape index (κ1) is 21.1. The second-order valence-electron chi connectivity index (χ2n) is 9.35. The smallest absolute Gasteiger partial charge is 0.128 e. The first-order chi connectivity index (χ1) is 13.5. The Kier molecular flexibility index (Phi) is 5.57. The van der Waals surface area contributed by atoms with Crippen LogP contribution >= 0.6 is 0 Å². The Hall–Kier alpha value is -2.62. The normalized spacial score (nSPS) is 18.1. The summed E-state index contributed by atoms with van der Waals surface area (Å²) in [5, 5.41) is 27.9. The van der Waals surface area contributed by atoms with Crippen LogP contribution in [0, 0.1) is 0 Å². The molecule has 0 bridgehead atoms. The van der Waals surface area contributed by atoms with Crippen molar-refractivity contribution in [3.8, 4) is 11.5 Å². The highest BCUT2D eigenvalue weighted by atomic mass is 16.3. The molecule has 0 aliphatic heterocycles. The van der Waals surface area contributed by atoms with Crippen molar-refractivity contribution >= 4 is 11.9 Å². The van der Waals surface area contributed by atoms with Gasteiger partial charge < -0.3 is 10.2 Å². The summed E-state index contributed by atoms with van der Waals surface area (Å²) in [6, 6.07) is 9.11. The number of aryl methyl sites for hydroxylation is 1. The molecular weight excluding hydrogens is 360 g/mol. The standard InChI is InChI=1S/C25H32N2O2/c1-7-17-12-21-22(25(5,6)11-10-24(21,3)4)14-20(17)16(2)27-26-15-18-8-9-19(28)13-23(18)29/h8-9,12-15,28-29H,7,10-11H2,1-6H3/b26-15-,27-16-.